The average molecular weight is 504 g/mol. The second-order valence-corrected chi connectivity index (χ2v) is 7.73. The molecular formula is C22H20N2O12. The number of nitro benzene ring substituents is 2. The predicted octanol–water partition coefficient (Wildman–Crippen LogP) is 2.11. The van der Waals surface area contributed by atoms with Crippen LogP contribution in [0.3, 0.4) is 0 Å². The lowest BCUT2D eigenvalue weighted by Crippen LogP contribution is -2.62. The Morgan fingerprint density at radius 2 is 1.11 bits per heavy atom. The zero-order valence-corrected chi connectivity index (χ0v) is 18.9. The van der Waals surface area contributed by atoms with Crippen molar-refractivity contribution in [3.05, 3.63) is 79.9 Å². The number of nitro groups is 2. The molecule has 36 heavy (non-hydrogen) atoms. The molecule has 6 atom stereocenters. The van der Waals surface area contributed by atoms with E-state index in [1.54, 1.807) is 0 Å². The van der Waals surface area contributed by atoms with Gasteiger partial charge in [-0.15, -0.1) is 0 Å². The van der Waals surface area contributed by atoms with Crippen molar-refractivity contribution in [2.75, 3.05) is 14.2 Å². The molecule has 2 aliphatic rings. The predicted molar refractivity (Wildman–Crippen MR) is 115 cm³/mol. The number of non-ortho nitro benzene ring substituents is 2. The average Bonchev–Trinajstić information content (AvgIpc) is 2.90. The van der Waals surface area contributed by atoms with Crippen molar-refractivity contribution in [1.29, 1.82) is 0 Å². The third kappa shape index (κ3) is 4.87. The van der Waals surface area contributed by atoms with Crippen LogP contribution in [0.25, 0.3) is 0 Å². The second-order valence-electron chi connectivity index (χ2n) is 7.73. The Morgan fingerprint density at radius 1 is 0.722 bits per heavy atom. The van der Waals surface area contributed by atoms with Gasteiger partial charge >= 0.3 is 11.9 Å². The van der Waals surface area contributed by atoms with Gasteiger partial charge < -0.3 is 28.4 Å². The number of rotatable bonds is 6. The van der Waals surface area contributed by atoms with Crippen LogP contribution >= 0.6 is 0 Å². The molecule has 0 aliphatic carbocycles. The molecule has 0 N–H and O–H groups in total. The summed E-state index contributed by atoms with van der Waals surface area (Å²) < 4.78 is 33.1. The molecule has 2 aromatic carbocycles. The molecule has 2 fully saturated rings. The van der Waals surface area contributed by atoms with Crippen molar-refractivity contribution < 1.29 is 47.9 Å². The Labute approximate surface area is 202 Å². The molecule has 0 spiro atoms. The first-order valence-electron chi connectivity index (χ1n) is 10.5. The van der Waals surface area contributed by atoms with Crippen LogP contribution in [0, 0.1) is 20.2 Å². The number of benzene rings is 2. The number of hydrogen-bond acceptors (Lipinski definition) is 12. The number of nitrogens with zero attached hydrogens (tertiary/aromatic N) is 2. The van der Waals surface area contributed by atoms with Crippen LogP contribution in [-0.4, -0.2) is 60.4 Å². The molecule has 0 aromatic heterocycles. The topological polar surface area (TPSA) is 176 Å². The van der Waals surface area contributed by atoms with E-state index in [0.29, 0.717) is 0 Å². The lowest BCUT2D eigenvalue weighted by molar-refractivity contribution is -0.386. The van der Waals surface area contributed by atoms with E-state index in [1.165, 1.54) is 48.5 Å². The molecule has 0 bridgehead atoms. The van der Waals surface area contributed by atoms with E-state index in [9.17, 15) is 29.8 Å². The van der Waals surface area contributed by atoms with Gasteiger partial charge in [-0.1, -0.05) is 24.3 Å². The molecule has 2 aliphatic heterocycles. The van der Waals surface area contributed by atoms with Crippen LogP contribution in [0.2, 0.25) is 0 Å². The first-order chi connectivity index (χ1) is 17.2. The quantitative estimate of drug-likeness (QED) is 0.319. The van der Waals surface area contributed by atoms with Crippen molar-refractivity contribution >= 4 is 23.3 Å². The highest BCUT2D eigenvalue weighted by atomic mass is 16.8. The largest absolute Gasteiger partial charge is 0.467 e. The number of esters is 2. The smallest absolute Gasteiger partial charge is 0.337 e. The maximum atomic E-state index is 12.7. The van der Waals surface area contributed by atoms with E-state index in [2.05, 4.69) is 0 Å². The Balaban J connectivity index is 1.72. The second kappa shape index (κ2) is 10.3. The van der Waals surface area contributed by atoms with Gasteiger partial charge in [0.25, 0.3) is 11.4 Å². The van der Waals surface area contributed by atoms with Crippen molar-refractivity contribution in [2.24, 2.45) is 0 Å². The minimum atomic E-state index is -1.45. The molecular weight excluding hydrogens is 484 g/mol. The summed E-state index contributed by atoms with van der Waals surface area (Å²) in [5.41, 5.74) is -0.104. The molecule has 4 rings (SSSR count). The van der Waals surface area contributed by atoms with Crippen LogP contribution < -0.4 is 0 Å². The summed E-state index contributed by atoms with van der Waals surface area (Å²) in [6.45, 7) is 0. The SMILES string of the molecule is COC(=O)[C@@H]1O[C@H](c2cccc([N+](=O)[O-])c2)O[C@H]2[C@@H]1O[C@@H](c1cccc([N+](=O)[O-])c1)O[C@H]2C(=O)OC. The van der Waals surface area contributed by atoms with E-state index in [0.717, 1.165) is 14.2 Å². The van der Waals surface area contributed by atoms with Gasteiger partial charge in [-0.3, -0.25) is 20.2 Å². The minimum Gasteiger partial charge on any atom is -0.467 e. The van der Waals surface area contributed by atoms with Gasteiger partial charge in [-0.25, -0.2) is 9.59 Å². The van der Waals surface area contributed by atoms with E-state index < -0.39 is 58.8 Å². The highest BCUT2D eigenvalue weighted by molar-refractivity contribution is 5.78. The van der Waals surface area contributed by atoms with E-state index in [1.807, 2.05) is 0 Å². The van der Waals surface area contributed by atoms with Gasteiger partial charge in [0, 0.05) is 35.4 Å². The zero-order valence-electron chi connectivity index (χ0n) is 18.9. The maximum absolute atomic E-state index is 12.7. The lowest BCUT2D eigenvalue weighted by Gasteiger charge is -2.47. The van der Waals surface area contributed by atoms with Gasteiger partial charge in [-0.2, -0.15) is 0 Å². The Hall–Kier alpha value is -3.98. The highest BCUT2D eigenvalue weighted by Crippen LogP contribution is 2.42. The number of hydrogen-bond donors (Lipinski definition) is 0. The molecule has 0 unspecified atom stereocenters. The fourth-order valence-electron chi connectivity index (χ4n) is 3.91. The summed E-state index contributed by atoms with van der Waals surface area (Å²) in [4.78, 5) is 46.5. The number of carbonyl (C=O) groups excluding carboxylic acids is 2. The van der Waals surface area contributed by atoms with Gasteiger partial charge in [0.05, 0.1) is 24.1 Å². The monoisotopic (exact) mass is 504 g/mol. The third-order valence-electron chi connectivity index (χ3n) is 5.60. The number of methoxy groups -OCH3 is 2. The standard InChI is InChI=1S/C22H20N2O12/c1-31-19(25)17-15-16(34-21(35-17)11-5-3-7-13(9-11)23(27)28)18(20(26)32-2)36-22(33-15)12-6-4-8-14(10-12)24(29)30/h3-10,15-18,21-22H,1-2H3/t15-,16-,17+,18+,21+,22+/m0/s1. The first kappa shape index (κ1) is 25.1. The van der Waals surface area contributed by atoms with Crippen molar-refractivity contribution in [3.8, 4) is 0 Å². The number of fused-ring (bicyclic) bond motifs is 1. The number of ether oxygens (including phenoxy) is 6. The molecule has 0 amide bonds. The lowest BCUT2D eigenvalue weighted by atomic mass is 9.98. The van der Waals surface area contributed by atoms with Gasteiger partial charge in [0.2, 0.25) is 0 Å². The summed E-state index contributed by atoms with van der Waals surface area (Å²) in [6, 6.07) is 10.7. The Bertz CT molecular complexity index is 1100. The molecule has 14 nitrogen and oxygen atoms in total. The van der Waals surface area contributed by atoms with Crippen LogP contribution in [0.15, 0.2) is 48.5 Å². The Kier molecular flexibility index (Phi) is 7.21. The van der Waals surface area contributed by atoms with Crippen molar-refractivity contribution in [3.63, 3.8) is 0 Å². The molecule has 0 saturated carbocycles. The van der Waals surface area contributed by atoms with Crippen molar-refractivity contribution in [2.45, 2.75) is 37.0 Å². The van der Waals surface area contributed by atoms with Crippen LogP contribution in [0.4, 0.5) is 11.4 Å². The summed E-state index contributed by atoms with van der Waals surface area (Å²) in [7, 11) is 2.24. The molecule has 14 heteroatoms. The molecule has 2 heterocycles. The van der Waals surface area contributed by atoms with Gasteiger partial charge in [0.15, 0.2) is 24.8 Å². The summed E-state index contributed by atoms with van der Waals surface area (Å²) in [6.07, 6.45) is -8.09. The molecule has 0 radical (unpaired) electrons. The fraction of sp³-hybridized carbons (Fsp3) is 0.364. The number of carbonyl (C=O) groups is 2. The first-order valence-corrected chi connectivity index (χ1v) is 10.5. The summed E-state index contributed by atoms with van der Waals surface area (Å²) in [5, 5.41) is 22.4. The van der Waals surface area contributed by atoms with Crippen molar-refractivity contribution in [1.82, 2.24) is 0 Å². The maximum Gasteiger partial charge on any atom is 0.337 e. The van der Waals surface area contributed by atoms with Gasteiger partial charge in [-0.05, 0) is 0 Å². The molecule has 2 aromatic rings. The van der Waals surface area contributed by atoms with Crippen LogP contribution in [0.5, 0.6) is 0 Å². The van der Waals surface area contributed by atoms with Crippen LogP contribution in [0.1, 0.15) is 23.7 Å². The van der Waals surface area contributed by atoms with E-state index >= 15 is 0 Å². The fourth-order valence-corrected chi connectivity index (χ4v) is 3.91. The highest BCUT2D eigenvalue weighted by Gasteiger charge is 2.55. The molecule has 2 saturated heterocycles. The van der Waals surface area contributed by atoms with Crippen LogP contribution in [-0.2, 0) is 38.0 Å². The van der Waals surface area contributed by atoms with E-state index in [-0.39, 0.29) is 22.5 Å². The van der Waals surface area contributed by atoms with Gasteiger partial charge in [0.1, 0.15) is 12.2 Å². The Morgan fingerprint density at radius 3 is 1.44 bits per heavy atom. The normalized spacial score (nSPS) is 27.4. The summed E-state index contributed by atoms with van der Waals surface area (Å²) in [5.74, 6) is -1.74. The minimum absolute atomic E-state index is 0.195. The van der Waals surface area contributed by atoms with E-state index in [4.69, 9.17) is 28.4 Å². The molecule has 190 valence electrons. The summed E-state index contributed by atoms with van der Waals surface area (Å²) >= 11 is 0. The third-order valence-corrected chi connectivity index (χ3v) is 5.60. The zero-order chi connectivity index (χ0) is 26.0.